The zero-order chi connectivity index (χ0) is 38.1. The second kappa shape index (κ2) is 13.0. The molecule has 0 radical (unpaired) electrons. The van der Waals surface area contributed by atoms with Crippen LogP contribution in [-0.2, 0) is 5.41 Å². The van der Waals surface area contributed by atoms with Crippen LogP contribution in [0.3, 0.4) is 0 Å². The van der Waals surface area contributed by atoms with Crippen molar-refractivity contribution in [1.29, 1.82) is 0 Å². The lowest BCUT2D eigenvalue weighted by Crippen LogP contribution is -2.15. The molecule has 0 saturated carbocycles. The third kappa shape index (κ3) is 5.40. The van der Waals surface area contributed by atoms with Crippen molar-refractivity contribution < 1.29 is 0 Å². The Labute approximate surface area is 332 Å². The molecule has 0 bridgehead atoms. The molecule has 0 unspecified atom stereocenters. The van der Waals surface area contributed by atoms with Crippen molar-refractivity contribution in [2.75, 3.05) is 0 Å². The highest BCUT2D eigenvalue weighted by molar-refractivity contribution is 6.06. The third-order valence-electron chi connectivity index (χ3n) is 12.1. The van der Waals surface area contributed by atoms with E-state index in [-0.39, 0.29) is 5.41 Å². The zero-order valence-electron chi connectivity index (χ0n) is 31.9. The Morgan fingerprint density at radius 3 is 1.65 bits per heavy atom. The lowest BCUT2D eigenvalue weighted by Gasteiger charge is -2.22. The first kappa shape index (κ1) is 33.2. The van der Waals surface area contributed by atoms with Crippen LogP contribution in [0.1, 0.15) is 25.0 Å². The van der Waals surface area contributed by atoms with E-state index >= 15 is 0 Å². The molecule has 11 rings (SSSR count). The fourth-order valence-electron chi connectivity index (χ4n) is 9.20. The second-order valence-electron chi connectivity index (χ2n) is 15.7. The van der Waals surface area contributed by atoms with Crippen molar-refractivity contribution in [3.8, 4) is 67.3 Å². The first-order valence-electron chi connectivity index (χ1n) is 19.7. The topological polar surface area (TPSA) is 25.8 Å². The quantitative estimate of drug-likeness (QED) is 0.176. The van der Waals surface area contributed by atoms with E-state index in [2.05, 4.69) is 208 Å². The first-order chi connectivity index (χ1) is 28.0. The van der Waals surface area contributed by atoms with Crippen molar-refractivity contribution in [2.24, 2.45) is 0 Å². The van der Waals surface area contributed by atoms with E-state index in [1.54, 1.807) is 0 Å². The Kier molecular flexibility index (Phi) is 7.55. The van der Waals surface area contributed by atoms with Gasteiger partial charge >= 0.3 is 0 Å². The molecule has 1 aromatic heterocycles. The Bertz CT molecular complexity index is 3210. The van der Waals surface area contributed by atoms with Crippen LogP contribution >= 0.6 is 0 Å². The van der Waals surface area contributed by atoms with Crippen molar-refractivity contribution in [1.82, 2.24) is 9.97 Å². The van der Waals surface area contributed by atoms with Crippen LogP contribution in [0.4, 0.5) is 0 Å². The van der Waals surface area contributed by atoms with E-state index in [1.165, 1.54) is 54.9 Å². The molecule has 1 aliphatic carbocycles. The van der Waals surface area contributed by atoms with Crippen molar-refractivity contribution in [2.45, 2.75) is 19.3 Å². The predicted octanol–water partition coefficient (Wildman–Crippen LogP) is 14.6. The summed E-state index contributed by atoms with van der Waals surface area (Å²) in [6.07, 6.45) is 0. The maximum atomic E-state index is 5.41. The fraction of sp³-hybridized carbons (Fsp3) is 0.0545. The number of nitrogens with zero attached hydrogens (tertiary/aromatic N) is 2. The van der Waals surface area contributed by atoms with Crippen LogP contribution in [0.2, 0.25) is 0 Å². The summed E-state index contributed by atoms with van der Waals surface area (Å²) in [5, 5.41) is 7.23. The van der Waals surface area contributed by atoms with Gasteiger partial charge in [0.05, 0.1) is 11.4 Å². The highest BCUT2D eigenvalue weighted by Gasteiger charge is 2.36. The molecule has 0 spiro atoms. The smallest absolute Gasteiger partial charge is 0.161 e. The maximum Gasteiger partial charge on any atom is 0.161 e. The molecule has 9 aromatic carbocycles. The van der Waals surface area contributed by atoms with Crippen LogP contribution in [0.15, 0.2) is 194 Å². The standard InChI is InChI=1S/C55H38N2/c1-55(2)50-33-39(27-28-45(50)49-31-37-18-6-7-19-38(37)32-51(49)55)42-29-30-47(44-24-12-11-23-43(42)44)53-34-52(46-25-13-10-21-40(46)35-15-4-3-5-16-35)56-54(57-53)48-26-14-20-36-17-8-9-22-41(36)48/h3-34H,1-2H3. The Hall–Kier alpha value is -7.16. The largest absolute Gasteiger partial charge is 0.228 e. The molecule has 0 N–H and O–H groups in total. The van der Waals surface area contributed by atoms with Gasteiger partial charge in [0.2, 0.25) is 0 Å². The number of benzene rings is 9. The van der Waals surface area contributed by atoms with E-state index in [9.17, 15) is 0 Å². The van der Waals surface area contributed by atoms with Gasteiger partial charge in [-0.25, -0.2) is 9.97 Å². The van der Waals surface area contributed by atoms with Gasteiger partial charge in [-0.2, -0.15) is 0 Å². The molecule has 268 valence electrons. The molecule has 0 fully saturated rings. The van der Waals surface area contributed by atoms with Crippen LogP contribution in [0.5, 0.6) is 0 Å². The van der Waals surface area contributed by atoms with Gasteiger partial charge in [0.25, 0.3) is 0 Å². The predicted molar refractivity (Wildman–Crippen MR) is 239 cm³/mol. The molecule has 0 aliphatic heterocycles. The van der Waals surface area contributed by atoms with Crippen LogP contribution in [-0.4, -0.2) is 9.97 Å². The minimum Gasteiger partial charge on any atom is -0.228 e. The van der Waals surface area contributed by atoms with Gasteiger partial charge in [0.1, 0.15) is 0 Å². The molecule has 10 aromatic rings. The Morgan fingerprint density at radius 2 is 0.860 bits per heavy atom. The van der Waals surface area contributed by atoms with Crippen LogP contribution < -0.4 is 0 Å². The van der Waals surface area contributed by atoms with E-state index in [0.717, 1.165) is 50.0 Å². The van der Waals surface area contributed by atoms with Crippen LogP contribution in [0, 0.1) is 0 Å². The lowest BCUT2D eigenvalue weighted by atomic mass is 9.81. The van der Waals surface area contributed by atoms with E-state index in [1.807, 2.05) is 0 Å². The number of hydrogen-bond donors (Lipinski definition) is 0. The van der Waals surface area contributed by atoms with Gasteiger partial charge < -0.3 is 0 Å². The highest BCUT2D eigenvalue weighted by atomic mass is 14.9. The highest BCUT2D eigenvalue weighted by Crippen LogP contribution is 2.51. The van der Waals surface area contributed by atoms with Crippen molar-refractivity contribution >= 4 is 32.3 Å². The summed E-state index contributed by atoms with van der Waals surface area (Å²) in [6, 6.07) is 70.1. The van der Waals surface area contributed by atoms with E-state index in [0.29, 0.717) is 5.82 Å². The molecule has 0 saturated heterocycles. The molecule has 2 heteroatoms. The second-order valence-corrected chi connectivity index (χ2v) is 15.7. The Morgan fingerprint density at radius 1 is 0.316 bits per heavy atom. The molecular formula is C55H38N2. The SMILES string of the molecule is CC1(C)c2cc(-c3ccc(-c4cc(-c5ccccc5-c5ccccc5)nc(-c5cccc6ccccc56)n4)c4ccccc34)ccc2-c2cc3ccccc3cc21. The average Bonchev–Trinajstić information content (AvgIpc) is 3.49. The summed E-state index contributed by atoms with van der Waals surface area (Å²) in [5.74, 6) is 0.711. The van der Waals surface area contributed by atoms with Gasteiger partial charge in [-0.3, -0.25) is 0 Å². The summed E-state index contributed by atoms with van der Waals surface area (Å²) in [4.78, 5) is 10.8. The number of rotatable bonds is 5. The number of fused-ring (bicyclic) bond motifs is 6. The molecule has 1 aliphatic rings. The monoisotopic (exact) mass is 726 g/mol. The van der Waals surface area contributed by atoms with E-state index in [4.69, 9.17) is 9.97 Å². The summed E-state index contributed by atoms with van der Waals surface area (Å²) >= 11 is 0. The normalized spacial score (nSPS) is 12.9. The van der Waals surface area contributed by atoms with Gasteiger partial charge in [-0.05, 0) is 101 Å². The third-order valence-corrected chi connectivity index (χ3v) is 12.1. The molecular weight excluding hydrogens is 689 g/mol. The van der Waals surface area contributed by atoms with Gasteiger partial charge in [-0.15, -0.1) is 0 Å². The number of aromatic nitrogens is 2. The van der Waals surface area contributed by atoms with Crippen molar-refractivity contribution in [3.05, 3.63) is 205 Å². The average molecular weight is 727 g/mol. The van der Waals surface area contributed by atoms with E-state index < -0.39 is 0 Å². The molecule has 57 heavy (non-hydrogen) atoms. The fourth-order valence-corrected chi connectivity index (χ4v) is 9.20. The van der Waals surface area contributed by atoms with Gasteiger partial charge in [0, 0.05) is 22.1 Å². The maximum absolute atomic E-state index is 5.41. The molecule has 0 atom stereocenters. The molecule has 1 heterocycles. The lowest BCUT2D eigenvalue weighted by molar-refractivity contribution is 0.661. The van der Waals surface area contributed by atoms with Crippen molar-refractivity contribution in [3.63, 3.8) is 0 Å². The Balaban J connectivity index is 1.10. The minimum atomic E-state index is -0.119. The molecule has 2 nitrogen and oxygen atoms in total. The minimum absolute atomic E-state index is 0.119. The molecule has 0 amide bonds. The summed E-state index contributed by atoms with van der Waals surface area (Å²) in [6.45, 7) is 4.74. The summed E-state index contributed by atoms with van der Waals surface area (Å²) < 4.78 is 0. The first-order valence-corrected chi connectivity index (χ1v) is 19.7. The summed E-state index contributed by atoms with van der Waals surface area (Å²) in [7, 11) is 0. The van der Waals surface area contributed by atoms with Crippen LogP contribution in [0.25, 0.3) is 99.6 Å². The van der Waals surface area contributed by atoms with Gasteiger partial charge in [-0.1, -0.05) is 184 Å². The zero-order valence-corrected chi connectivity index (χ0v) is 31.9. The number of hydrogen-bond acceptors (Lipinski definition) is 2. The van der Waals surface area contributed by atoms with Gasteiger partial charge in [0.15, 0.2) is 5.82 Å². The summed E-state index contributed by atoms with van der Waals surface area (Å²) in [5.41, 5.74) is 15.0.